The number of alkyl carbamates (subject to hydrolysis) is 1. The van der Waals surface area contributed by atoms with E-state index < -0.39 is 24.2 Å². The zero-order chi connectivity index (χ0) is 22.1. The summed E-state index contributed by atoms with van der Waals surface area (Å²) in [6.07, 6.45) is 5.64. The Labute approximate surface area is 189 Å². The Morgan fingerprint density at radius 3 is 2.48 bits per heavy atom. The van der Waals surface area contributed by atoms with Crippen molar-refractivity contribution in [2.45, 2.75) is 57.1 Å². The first kappa shape index (κ1) is 23.1. The third kappa shape index (κ3) is 7.28. The van der Waals surface area contributed by atoms with E-state index in [1.54, 1.807) is 0 Å². The lowest BCUT2D eigenvalue weighted by Crippen LogP contribution is -2.43. The van der Waals surface area contributed by atoms with Gasteiger partial charge in [0.05, 0.1) is 7.11 Å². The predicted molar refractivity (Wildman–Crippen MR) is 121 cm³/mol. The van der Waals surface area contributed by atoms with Crippen molar-refractivity contribution >= 4 is 23.7 Å². The molecule has 1 aliphatic rings. The van der Waals surface area contributed by atoms with E-state index in [1.165, 1.54) is 26.4 Å². The van der Waals surface area contributed by atoms with E-state index in [0.717, 1.165) is 24.0 Å². The summed E-state index contributed by atoms with van der Waals surface area (Å²) in [7, 11) is 1.34. The molecule has 0 saturated heterocycles. The third-order valence-corrected chi connectivity index (χ3v) is 6.04. The number of methoxy groups -OCH3 is 1. The maximum Gasteiger partial charge on any atom is 0.408 e. The van der Waals surface area contributed by atoms with Gasteiger partial charge in [0.15, 0.2) is 0 Å². The van der Waals surface area contributed by atoms with Crippen LogP contribution in [0.4, 0.5) is 4.79 Å². The van der Waals surface area contributed by atoms with E-state index >= 15 is 0 Å². The molecule has 31 heavy (non-hydrogen) atoms. The molecule has 0 spiro atoms. The van der Waals surface area contributed by atoms with Crippen molar-refractivity contribution < 1.29 is 19.1 Å². The van der Waals surface area contributed by atoms with Crippen molar-refractivity contribution in [1.82, 2.24) is 5.32 Å². The number of amides is 1. The average molecular weight is 444 g/mol. The van der Waals surface area contributed by atoms with Crippen LogP contribution in [0.5, 0.6) is 0 Å². The summed E-state index contributed by atoms with van der Waals surface area (Å²) in [5, 5.41) is 3.38. The van der Waals surface area contributed by atoms with Crippen LogP contribution in [-0.4, -0.2) is 25.2 Å². The molecule has 1 amide bonds. The topological polar surface area (TPSA) is 64.6 Å². The second-order valence-corrected chi connectivity index (χ2v) is 8.53. The number of hydrogen-bond acceptors (Lipinski definition) is 4. The maximum atomic E-state index is 12.8. The van der Waals surface area contributed by atoms with Gasteiger partial charge in [-0.2, -0.15) is 0 Å². The Morgan fingerprint density at radius 2 is 1.81 bits per heavy atom. The standard InChI is InChI=1S/C25H30ClNO4/c1-30-24(28)22(16-18-9-4-2-5-10-18)27-25(29)31-23(20-12-6-3-7-13-20)17-19-11-8-14-21(26)15-19/h3,6-8,11-15,18,22-23H,2,4-5,9-10,16-17H2,1H3,(H,27,29). The van der Waals surface area contributed by atoms with Crippen LogP contribution in [-0.2, 0) is 20.7 Å². The van der Waals surface area contributed by atoms with Crippen LogP contribution in [0.1, 0.15) is 55.8 Å². The number of benzene rings is 2. The van der Waals surface area contributed by atoms with E-state index in [4.69, 9.17) is 21.1 Å². The van der Waals surface area contributed by atoms with E-state index in [-0.39, 0.29) is 0 Å². The quantitative estimate of drug-likeness (QED) is 0.519. The summed E-state index contributed by atoms with van der Waals surface area (Å²) in [5.74, 6) is -0.0249. The second kappa shape index (κ2) is 11.8. The van der Waals surface area contributed by atoms with E-state index in [9.17, 15) is 9.59 Å². The number of rotatable bonds is 8. The van der Waals surface area contributed by atoms with Gasteiger partial charge in [-0.05, 0) is 35.6 Å². The molecule has 1 fully saturated rings. The van der Waals surface area contributed by atoms with Crippen LogP contribution in [0.25, 0.3) is 0 Å². The molecule has 3 rings (SSSR count). The van der Waals surface area contributed by atoms with Crippen molar-refractivity contribution in [3.8, 4) is 0 Å². The number of ether oxygens (including phenoxy) is 2. The molecular formula is C25H30ClNO4. The summed E-state index contributed by atoms with van der Waals surface area (Å²) in [6.45, 7) is 0. The monoisotopic (exact) mass is 443 g/mol. The lowest BCUT2D eigenvalue weighted by atomic mass is 9.85. The van der Waals surface area contributed by atoms with Gasteiger partial charge in [0.1, 0.15) is 12.1 Å². The van der Waals surface area contributed by atoms with E-state index in [1.807, 2.05) is 54.6 Å². The number of carbonyl (C=O) groups is 2. The number of carbonyl (C=O) groups excluding carboxylic acids is 2. The number of nitrogens with one attached hydrogen (secondary N) is 1. The van der Waals surface area contributed by atoms with Gasteiger partial charge in [-0.3, -0.25) is 0 Å². The summed E-state index contributed by atoms with van der Waals surface area (Å²) in [4.78, 5) is 25.1. The van der Waals surface area contributed by atoms with Crippen molar-refractivity contribution in [1.29, 1.82) is 0 Å². The molecule has 5 nitrogen and oxygen atoms in total. The van der Waals surface area contributed by atoms with E-state index in [2.05, 4.69) is 5.32 Å². The van der Waals surface area contributed by atoms with Crippen molar-refractivity contribution in [3.63, 3.8) is 0 Å². The third-order valence-electron chi connectivity index (χ3n) is 5.80. The summed E-state index contributed by atoms with van der Waals surface area (Å²) in [6, 6.07) is 16.3. The predicted octanol–water partition coefficient (Wildman–Crippen LogP) is 5.86. The normalized spacial score (nSPS) is 16.2. The molecule has 1 aliphatic carbocycles. The maximum absolute atomic E-state index is 12.8. The second-order valence-electron chi connectivity index (χ2n) is 8.10. The minimum Gasteiger partial charge on any atom is -0.467 e. The Hall–Kier alpha value is -2.53. The van der Waals surface area contributed by atoms with Crippen LogP contribution in [0, 0.1) is 5.92 Å². The first-order valence-electron chi connectivity index (χ1n) is 10.9. The fraction of sp³-hybridized carbons (Fsp3) is 0.440. The fourth-order valence-corrected chi connectivity index (χ4v) is 4.40. The van der Waals surface area contributed by atoms with Gasteiger partial charge < -0.3 is 14.8 Å². The molecule has 1 N–H and O–H groups in total. The van der Waals surface area contributed by atoms with Gasteiger partial charge in [-0.1, -0.05) is 86.2 Å². The van der Waals surface area contributed by atoms with Crippen molar-refractivity contribution in [2.24, 2.45) is 5.92 Å². The van der Waals surface area contributed by atoms with Crippen LogP contribution in [0.3, 0.4) is 0 Å². The van der Waals surface area contributed by atoms with Gasteiger partial charge in [-0.25, -0.2) is 9.59 Å². The highest BCUT2D eigenvalue weighted by molar-refractivity contribution is 6.30. The van der Waals surface area contributed by atoms with Crippen molar-refractivity contribution in [3.05, 3.63) is 70.7 Å². The lowest BCUT2D eigenvalue weighted by Gasteiger charge is -2.26. The molecule has 2 atom stereocenters. The summed E-state index contributed by atoms with van der Waals surface area (Å²) >= 11 is 6.12. The highest BCUT2D eigenvalue weighted by atomic mass is 35.5. The first-order chi connectivity index (χ1) is 15.0. The summed E-state index contributed by atoms with van der Waals surface area (Å²) < 4.78 is 10.7. The largest absolute Gasteiger partial charge is 0.467 e. The lowest BCUT2D eigenvalue weighted by molar-refractivity contribution is -0.143. The molecule has 2 aromatic rings. The Morgan fingerprint density at radius 1 is 1.06 bits per heavy atom. The minimum absolute atomic E-state index is 0.412. The number of halogens is 1. The van der Waals surface area contributed by atoms with Gasteiger partial charge in [0, 0.05) is 11.4 Å². The smallest absolute Gasteiger partial charge is 0.408 e. The molecule has 6 heteroatoms. The van der Waals surface area contributed by atoms with Gasteiger partial charge in [0.25, 0.3) is 0 Å². The van der Waals surface area contributed by atoms with Gasteiger partial charge >= 0.3 is 12.1 Å². The van der Waals surface area contributed by atoms with Gasteiger partial charge in [0.2, 0.25) is 0 Å². The first-order valence-corrected chi connectivity index (χ1v) is 11.3. The summed E-state index contributed by atoms with van der Waals surface area (Å²) in [5.41, 5.74) is 1.83. The molecule has 0 aliphatic heterocycles. The number of hydrogen-bond donors (Lipinski definition) is 1. The molecule has 2 unspecified atom stereocenters. The SMILES string of the molecule is COC(=O)C(CC1CCCCC1)NC(=O)OC(Cc1cccc(Cl)c1)c1ccccc1. The zero-order valence-corrected chi connectivity index (χ0v) is 18.6. The Kier molecular flexibility index (Phi) is 8.77. The number of esters is 1. The highest BCUT2D eigenvalue weighted by Crippen LogP contribution is 2.28. The molecule has 2 aromatic carbocycles. The zero-order valence-electron chi connectivity index (χ0n) is 17.9. The molecule has 0 bridgehead atoms. The molecule has 0 heterocycles. The molecule has 166 valence electrons. The minimum atomic E-state index is -0.705. The van der Waals surface area contributed by atoms with Crippen molar-refractivity contribution in [2.75, 3.05) is 7.11 Å². The van der Waals surface area contributed by atoms with Crippen LogP contribution < -0.4 is 5.32 Å². The highest BCUT2D eigenvalue weighted by Gasteiger charge is 2.28. The van der Waals surface area contributed by atoms with E-state index in [0.29, 0.717) is 23.8 Å². The fourth-order valence-electron chi connectivity index (χ4n) is 4.19. The molecule has 0 aromatic heterocycles. The molecule has 1 saturated carbocycles. The average Bonchev–Trinajstić information content (AvgIpc) is 2.79. The molecular weight excluding hydrogens is 414 g/mol. The Balaban J connectivity index is 1.69. The molecule has 0 radical (unpaired) electrons. The van der Waals surface area contributed by atoms with Gasteiger partial charge in [-0.15, -0.1) is 0 Å². The van der Waals surface area contributed by atoms with Crippen LogP contribution in [0.15, 0.2) is 54.6 Å². The van der Waals surface area contributed by atoms with Crippen LogP contribution in [0.2, 0.25) is 5.02 Å². The Bertz CT molecular complexity index is 852. The van der Waals surface area contributed by atoms with Crippen LogP contribution >= 0.6 is 11.6 Å².